The SMILES string of the molecule is Cc1ccc(C2=N[C@@H](CC(=O)NCCCN3CCN(C)CC3)c3nnc(C)n3-c3sc(C)c(C)c32)cc1. The first-order valence-electron chi connectivity index (χ1n) is 13.2. The average molecular weight is 520 g/mol. The summed E-state index contributed by atoms with van der Waals surface area (Å²) in [4.78, 5) is 24.4. The summed E-state index contributed by atoms with van der Waals surface area (Å²) < 4.78 is 2.11. The third kappa shape index (κ3) is 5.39. The number of amides is 1. The first kappa shape index (κ1) is 25.8. The minimum atomic E-state index is -0.408. The quantitative estimate of drug-likeness (QED) is 0.483. The molecule has 0 bridgehead atoms. The standard InChI is InChI=1S/C28H37N7OS/c1-18-7-9-22(10-8-18)26-25-19(2)20(3)37-28(25)35-21(4)31-32-27(35)23(30-26)17-24(36)29-11-6-12-34-15-13-33(5)14-16-34/h7-10,23H,6,11-17H2,1-5H3,(H,29,36)/t23-/m0/s1. The van der Waals surface area contributed by atoms with Gasteiger partial charge in [-0.25, -0.2) is 0 Å². The van der Waals surface area contributed by atoms with E-state index in [1.54, 1.807) is 11.3 Å². The van der Waals surface area contributed by atoms with E-state index in [2.05, 4.69) is 82.0 Å². The number of likely N-dealkylation sites (N-methyl/N-ethyl adjacent to an activating group) is 1. The molecular formula is C28H37N7OS. The third-order valence-corrected chi connectivity index (χ3v) is 8.70. The van der Waals surface area contributed by atoms with Crippen LogP contribution in [0.25, 0.3) is 5.00 Å². The largest absolute Gasteiger partial charge is 0.356 e. The Morgan fingerprint density at radius 3 is 2.51 bits per heavy atom. The molecule has 0 saturated carbocycles. The predicted octanol–water partition coefficient (Wildman–Crippen LogP) is 3.60. The molecule has 2 aromatic heterocycles. The number of piperazine rings is 1. The zero-order valence-electron chi connectivity index (χ0n) is 22.5. The van der Waals surface area contributed by atoms with Crippen LogP contribution in [-0.2, 0) is 4.79 Å². The van der Waals surface area contributed by atoms with Gasteiger partial charge >= 0.3 is 0 Å². The number of rotatable bonds is 7. The second-order valence-corrected chi connectivity index (χ2v) is 11.5. The monoisotopic (exact) mass is 519 g/mol. The van der Waals surface area contributed by atoms with Crippen molar-refractivity contribution in [2.45, 2.75) is 46.6 Å². The highest BCUT2D eigenvalue weighted by Crippen LogP contribution is 2.39. The van der Waals surface area contributed by atoms with Gasteiger partial charge in [-0.1, -0.05) is 29.8 Å². The van der Waals surface area contributed by atoms with Crippen LogP contribution >= 0.6 is 11.3 Å². The van der Waals surface area contributed by atoms with Gasteiger partial charge in [0.25, 0.3) is 0 Å². The van der Waals surface area contributed by atoms with Crippen molar-refractivity contribution in [2.24, 2.45) is 4.99 Å². The van der Waals surface area contributed by atoms with E-state index in [0.717, 1.165) is 72.6 Å². The van der Waals surface area contributed by atoms with Crippen molar-refractivity contribution in [3.63, 3.8) is 0 Å². The highest BCUT2D eigenvalue weighted by Gasteiger charge is 2.32. The molecule has 0 aliphatic carbocycles. The predicted molar refractivity (Wildman–Crippen MR) is 149 cm³/mol. The van der Waals surface area contributed by atoms with Crippen molar-refractivity contribution in [1.82, 2.24) is 29.9 Å². The van der Waals surface area contributed by atoms with Gasteiger partial charge < -0.3 is 15.1 Å². The number of aryl methyl sites for hydroxylation is 3. The lowest BCUT2D eigenvalue weighted by atomic mass is 9.99. The highest BCUT2D eigenvalue weighted by molar-refractivity contribution is 7.15. The van der Waals surface area contributed by atoms with Crippen LogP contribution in [0.4, 0.5) is 0 Å². The van der Waals surface area contributed by atoms with Gasteiger partial charge in [0.1, 0.15) is 16.9 Å². The van der Waals surface area contributed by atoms with E-state index in [-0.39, 0.29) is 12.3 Å². The van der Waals surface area contributed by atoms with E-state index in [4.69, 9.17) is 4.99 Å². The molecule has 4 heterocycles. The van der Waals surface area contributed by atoms with E-state index in [9.17, 15) is 4.79 Å². The van der Waals surface area contributed by atoms with Gasteiger partial charge in [-0.05, 0) is 53.3 Å². The maximum Gasteiger partial charge on any atom is 0.222 e. The number of carbonyl (C=O) groups is 1. The first-order valence-corrected chi connectivity index (χ1v) is 14.0. The maximum atomic E-state index is 13.1. The smallest absolute Gasteiger partial charge is 0.222 e. The summed E-state index contributed by atoms with van der Waals surface area (Å²) in [6, 6.07) is 8.07. The number of hydrogen-bond acceptors (Lipinski definition) is 7. The molecule has 0 spiro atoms. The van der Waals surface area contributed by atoms with Crippen LogP contribution in [0.2, 0.25) is 0 Å². The molecule has 8 nitrogen and oxygen atoms in total. The molecule has 3 aromatic rings. The lowest BCUT2D eigenvalue weighted by Crippen LogP contribution is -2.45. The van der Waals surface area contributed by atoms with E-state index >= 15 is 0 Å². The van der Waals surface area contributed by atoms with E-state index in [1.165, 1.54) is 16.0 Å². The minimum absolute atomic E-state index is 0.000689. The number of benzene rings is 1. The Morgan fingerprint density at radius 1 is 1.05 bits per heavy atom. The van der Waals surface area contributed by atoms with Crippen LogP contribution in [-0.4, -0.2) is 82.5 Å². The molecule has 9 heteroatoms. The van der Waals surface area contributed by atoms with Crippen LogP contribution < -0.4 is 5.32 Å². The Kier molecular flexibility index (Phi) is 7.55. The molecule has 2 aliphatic heterocycles. The summed E-state index contributed by atoms with van der Waals surface area (Å²) >= 11 is 1.74. The average Bonchev–Trinajstić information content (AvgIpc) is 3.35. The fourth-order valence-corrected chi connectivity index (χ4v) is 6.30. The van der Waals surface area contributed by atoms with Crippen molar-refractivity contribution in [3.8, 4) is 5.00 Å². The molecule has 37 heavy (non-hydrogen) atoms. The zero-order valence-corrected chi connectivity index (χ0v) is 23.4. The topological polar surface area (TPSA) is 78.7 Å². The number of hydrogen-bond donors (Lipinski definition) is 1. The van der Waals surface area contributed by atoms with Gasteiger partial charge in [-0.3, -0.25) is 14.4 Å². The van der Waals surface area contributed by atoms with E-state index in [1.807, 2.05) is 6.92 Å². The van der Waals surface area contributed by atoms with Crippen molar-refractivity contribution < 1.29 is 4.79 Å². The Hall–Kier alpha value is -2.88. The van der Waals surface area contributed by atoms with Crippen molar-refractivity contribution in [3.05, 3.63) is 63.0 Å². The molecule has 1 aromatic carbocycles. The summed E-state index contributed by atoms with van der Waals surface area (Å²) in [6.45, 7) is 14.5. The number of carbonyl (C=O) groups excluding carboxylic acids is 1. The van der Waals surface area contributed by atoms with Crippen LogP contribution in [0.1, 0.15) is 57.7 Å². The Balaban J connectivity index is 1.37. The lowest BCUT2D eigenvalue weighted by Gasteiger charge is -2.32. The fraction of sp³-hybridized carbons (Fsp3) is 0.500. The van der Waals surface area contributed by atoms with E-state index < -0.39 is 6.04 Å². The molecule has 1 amide bonds. The Labute approximate surface area is 223 Å². The summed E-state index contributed by atoms with van der Waals surface area (Å²) in [6.07, 6.45) is 1.19. The number of nitrogens with zero attached hydrogens (tertiary/aromatic N) is 6. The molecule has 2 aliphatic rings. The molecule has 196 valence electrons. The Bertz CT molecular complexity index is 1300. The molecule has 0 unspecified atom stereocenters. The van der Waals surface area contributed by atoms with Crippen molar-refractivity contribution >= 4 is 23.0 Å². The van der Waals surface area contributed by atoms with Crippen LogP contribution in [0.15, 0.2) is 29.3 Å². The zero-order chi connectivity index (χ0) is 26.1. The van der Waals surface area contributed by atoms with Crippen LogP contribution in [0.3, 0.4) is 0 Å². The van der Waals surface area contributed by atoms with Gasteiger partial charge in [-0.15, -0.1) is 21.5 Å². The molecule has 0 radical (unpaired) electrons. The highest BCUT2D eigenvalue weighted by atomic mass is 32.1. The first-order chi connectivity index (χ1) is 17.8. The molecule has 1 atom stereocenters. The fourth-order valence-electron chi connectivity index (χ4n) is 5.09. The molecular weight excluding hydrogens is 482 g/mol. The molecule has 5 rings (SSSR count). The third-order valence-electron chi connectivity index (χ3n) is 7.51. The van der Waals surface area contributed by atoms with Crippen LogP contribution in [0.5, 0.6) is 0 Å². The van der Waals surface area contributed by atoms with E-state index in [0.29, 0.717) is 6.54 Å². The number of aromatic nitrogens is 3. The molecule has 1 fully saturated rings. The lowest BCUT2D eigenvalue weighted by molar-refractivity contribution is -0.121. The van der Waals surface area contributed by atoms with Crippen LogP contribution in [0, 0.1) is 27.7 Å². The maximum absolute atomic E-state index is 13.1. The summed E-state index contributed by atoms with van der Waals surface area (Å²) in [5.41, 5.74) is 5.52. The van der Waals surface area contributed by atoms with Gasteiger partial charge in [0.15, 0.2) is 5.82 Å². The second kappa shape index (κ2) is 10.8. The number of thiophene rings is 1. The molecule has 1 saturated heterocycles. The normalized spacial score (nSPS) is 18.2. The second-order valence-electron chi connectivity index (χ2n) is 10.3. The molecule has 1 N–H and O–H groups in total. The number of nitrogens with one attached hydrogen (secondary N) is 1. The van der Waals surface area contributed by atoms with Gasteiger partial charge in [-0.2, -0.15) is 0 Å². The van der Waals surface area contributed by atoms with Crippen molar-refractivity contribution in [1.29, 1.82) is 0 Å². The summed E-state index contributed by atoms with van der Waals surface area (Å²) in [7, 11) is 2.17. The summed E-state index contributed by atoms with van der Waals surface area (Å²) in [5, 5.41) is 13.1. The number of fused-ring (bicyclic) bond motifs is 3. The van der Waals surface area contributed by atoms with Gasteiger partial charge in [0.2, 0.25) is 5.91 Å². The Morgan fingerprint density at radius 2 is 1.78 bits per heavy atom. The minimum Gasteiger partial charge on any atom is -0.356 e. The number of aliphatic imine (C=N–C) groups is 1. The van der Waals surface area contributed by atoms with Gasteiger partial charge in [0, 0.05) is 48.7 Å². The van der Waals surface area contributed by atoms with Gasteiger partial charge in [0.05, 0.1) is 12.1 Å². The summed E-state index contributed by atoms with van der Waals surface area (Å²) in [5.74, 6) is 1.55. The van der Waals surface area contributed by atoms with Crippen molar-refractivity contribution in [2.75, 3.05) is 46.3 Å².